The summed E-state index contributed by atoms with van der Waals surface area (Å²) in [6.07, 6.45) is 0. The van der Waals surface area contributed by atoms with Crippen LogP contribution in [0.4, 0.5) is 4.39 Å². The van der Waals surface area contributed by atoms with E-state index < -0.39 is 5.91 Å². The van der Waals surface area contributed by atoms with Gasteiger partial charge in [0.15, 0.2) is 12.6 Å². The average Bonchev–Trinajstić information content (AvgIpc) is 2.63. The van der Waals surface area contributed by atoms with Gasteiger partial charge in [-0.2, -0.15) is 0 Å². The molecule has 0 atom stereocenters. The normalized spacial score (nSPS) is 11.1. The van der Waals surface area contributed by atoms with Gasteiger partial charge >= 0.3 is 0 Å². The second-order valence-electron chi connectivity index (χ2n) is 5.58. The first-order chi connectivity index (χ1) is 12.6. The van der Waals surface area contributed by atoms with Gasteiger partial charge < -0.3 is 21.1 Å². The number of hydrogen-bond acceptors (Lipinski definition) is 3. The smallest absolute Gasteiger partial charge is 0.255 e. The Morgan fingerprint density at radius 1 is 1.15 bits per heavy atom. The van der Waals surface area contributed by atoms with E-state index in [0.29, 0.717) is 31.3 Å². The molecule has 0 spiro atoms. The zero-order valence-corrected chi connectivity index (χ0v) is 14.7. The molecule has 0 aliphatic rings. The summed E-state index contributed by atoms with van der Waals surface area (Å²) in [7, 11) is 0. The van der Waals surface area contributed by atoms with Crippen molar-refractivity contribution < 1.29 is 13.9 Å². The Bertz CT molecular complexity index is 765. The number of nitrogens with zero attached hydrogens (tertiary/aromatic N) is 1. The Morgan fingerprint density at radius 3 is 2.65 bits per heavy atom. The highest BCUT2D eigenvalue weighted by Gasteiger charge is 2.02. The van der Waals surface area contributed by atoms with E-state index in [1.54, 1.807) is 12.1 Å². The van der Waals surface area contributed by atoms with Gasteiger partial charge in [-0.05, 0) is 42.3 Å². The zero-order valence-electron chi connectivity index (χ0n) is 14.7. The molecular weight excluding hydrogens is 335 g/mol. The molecule has 138 valence electrons. The molecular formula is C19H23FN4O2. The third kappa shape index (κ3) is 6.80. The van der Waals surface area contributed by atoms with E-state index in [2.05, 4.69) is 15.6 Å². The molecule has 4 N–H and O–H groups in total. The van der Waals surface area contributed by atoms with Crippen molar-refractivity contribution in [1.29, 1.82) is 0 Å². The molecule has 0 aromatic heterocycles. The van der Waals surface area contributed by atoms with E-state index in [4.69, 9.17) is 10.5 Å². The monoisotopic (exact) mass is 358 g/mol. The number of ether oxygens (including phenoxy) is 1. The van der Waals surface area contributed by atoms with E-state index in [-0.39, 0.29) is 12.4 Å². The fraction of sp³-hybridized carbons (Fsp3) is 0.263. The summed E-state index contributed by atoms with van der Waals surface area (Å²) < 4.78 is 18.5. The van der Waals surface area contributed by atoms with Crippen molar-refractivity contribution in [2.45, 2.75) is 20.0 Å². The molecule has 0 bridgehead atoms. The maximum atomic E-state index is 13.2. The summed E-state index contributed by atoms with van der Waals surface area (Å²) in [5.41, 5.74) is 6.83. The lowest BCUT2D eigenvalue weighted by Gasteiger charge is -2.12. The molecule has 2 rings (SSSR count). The highest BCUT2D eigenvalue weighted by atomic mass is 19.1. The Labute approximate surface area is 152 Å². The quantitative estimate of drug-likeness (QED) is 0.497. The van der Waals surface area contributed by atoms with Gasteiger partial charge in [-0.3, -0.25) is 4.79 Å². The predicted molar refractivity (Wildman–Crippen MR) is 99.2 cm³/mol. The Morgan fingerprint density at radius 2 is 1.92 bits per heavy atom. The van der Waals surface area contributed by atoms with Crippen molar-refractivity contribution in [3.8, 4) is 5.75 Å². The molecule has 0 heterocycles. The highest BCUT2D eigenvalue weighted by Crippen LogP contribution is 2.13. The van der Waals surface area contributed by atoms with Crippen molar-refractivity contribution in [2.24, 2.45) is 10.7 Å². The minimum Gasteiger partial charge on any atom is -0.484 e. The summed E-state index contributed by atoms with van der Waals surface area (Å²) in [6.45, 7) is 3.40. The number of guanidine groups is 1. The second-order valence-corrected chi connectivity index (χ2v) is 5.58. The summed E-state index contributed by atoms with van der Waals surface area (Å²) in [6, 6.07) is 13.7. The molecule has 2 aromatic rings. The van der Waals surface area contributed by atoms with Gasteiger partial charge in [0.25, 0.3) is 5.91 Å². The Balaban J connectivity index is 1.96. The molecule has 0 aliphatic carbocycles. The number of aliphatic imine (C=N–C) groups is 1. The number of benzene rings is 2. The lowest BCUT2D eigenvalue weighted by molar-refractivity contribution is -0.119. The highest BCUT2D eigenvalue weighted by molar-refractivity contribution is 5.79. The van der Waals surface area contributed by atoms with Crippen LogP contribution in [-0.4, -0.2) is 25.0 Å². The first-order valence-corrected chi connectivity index (χ1v) is 8.33. The molecule has 2 aromatic carbocycles. The molecule has 0 saturated carbocycles. The Kier molecular flexibility index (Phi) is 7.42. The molecule has 0 radical (unpaired) electrons. The van der Waals surface area contributed by atoms with E-state index in [1.165, 1.54) is 12.1 Å². The number of carbonyl (C=O) groups is 1. The minimum atomic E-state index is -0.521. The lowest BCUT2D eigenvalue weighted by atomic mass is 10.2. The fourth-order valence-corrected chi connectivity index (χ4v) is 2.23. The first-order valence-electron chi connectivity index (χ1n) is 8.33. The predicted octanol–water partition coefficient (Wildman–Crippen LogP) is 1.95. The van der Waals surface area contributed by atoms with Crippen molar-refractivity contribution in [1.82, 2.24) is 10.6 Å². The van der Waals surface area contributed by atoms with Crippen LogP contribution >= 0.6 is 0 Å². The number of halogens is 1. The molecule has 0 unspecified atom stereocenters. The number of nitrogens with one attached hydrogen (secondary N) is 2. The third-order valence-electron chi connectivity index (χ3n) is 3.39. The van der Waals surface area contributed by atoms with Crippen molar-refractivity contribution in [3.63, 3.8) is 0 Å². The summed E-state index contributed by atoms with van der Waals surface area (Å²) in [4.78, 5) is 15.2. The number of nitrogens with two attached hydrogens (primary N) is 1. The van der Waals surface area contributed by atoms with Gasteiger partial charge in [0.05, 0.1) is 6.54 Å². The summed E-state index contributed by atoms with van der Waals surface area (Å²) in [5.74, 6) is 0.404. The zero-order chi connectivity index (χ0) is 18.8. The van der Waals surface area contributed by atoms with Gasteiger partial charge in [0.1, 0.15) is 11.6 Å². The number of hydrogen-bond donors (Lipinski definition) is 3. The van der Waals surface area contributed by atoms with Crippen LogP contribution < -0.4 is 21.1 Å². The average molecular weight is 358 g/mol. The molecule has 0 fully saturated rings. The van der Waals surface area contributed by atoms with E-state index in [0.717, 1.165) is 11.1 Å². The minimum absolute atomic E-state index is 0.158. The maximum Gasteiger partial charge on any atom is 0.255 e. The van der Waals surface area contributed by atoms with E-state index >= 15 is 0 Å². The van der Waals surface area contributed by atoms with Gasteiger partial charge in [0, 0.05) is 13.1 Å². The number of rotatable bonds is 8. The third-order valence-corrected chi connectivity index (χ3v) is 3.39. The van der Waals surface area contributed by atoms with Crippen LogP contribution in [0, 0.1) is 5.82 Å². The lowest BCUT2D eigenvalue weighted by Crippen LogP contribution is -2.36. The van der Waals surface area contributed by atoms with Crippen LogP contribution in [-0.2, 0) is 17.9 Å². The summed E-state index contributed by atoms with van der Waals surface area (Å²) in [5, 5.41) is 6.36. The molecule has 6 nitrogen and oxygen atoms in total. The standard InChI is InChI=1S/C19H23FN4O2/c1-2-22-19(23-11-14-5-3-7-16(20)9-14)24-12-15-6-4-8-17(10-15)26-13-18(21)25/h3-10H,2,11-13H2,1H3,(H2,21,25)(H2,22,23,24). The molecule has 26 heavy (non-hydrogen) atoms. The van der Waals surface area contributed by atoms with Gasteiger partial charge in [-0.15, -0.1) is 0 Å². The number of primary amides is 1. The largest absolute Gasteiger partial charge is 0.484 e. The van der Waals surface area contributed by atoms with Crippen molar-refractivity contribution in [2.75, 3.05) is 13.2 Å². The number of amides is 1. The first kappa shape index (κ1) is 19.2. The fourth-order valence-electron chi connectivity index (χ4n) is 2.23. The molecule has 0 saturated heterocycles. The van der Waals surface area contributed by atoms with E-state index in [9.17, 15) is 9.18 Å². The van der Waals surface area contributed by atoms with Gasteiger partial charge in [-0.1, -0.05) is 24.3 Å². The van der Waals surface area contributed by atoms with Gasteiger partial charge in [0.2, 0.25) is 0 Å². The van der Waals surface area contributed by atoms with Crippen LogP contribution in [0.15, 0.2) is 53.5 Å². The van der Waals surface area contributed by atoms with Crippen LogP contribution in [0.1, 0.15) is 18.1 Å². The summed E-state index contributed by atoms with van der Waals surface area (Å²) >= 11 is 0. The topological polar surface area (TPSA) is 88.7 Å². The van der Waals surface area contributed by atoms with Crippen LogP contribution in [0.2, 0.25) is 0 Å². The van der Waals surface area contributed by atoms with Crippen LogP contribution in [0.3, 0.4) is 0 Å². The SMILES string of the molecule is CCNC(=NCc1cccc(F)c1)NCc1cccc(OCC(N)=O)c1. The Hall–Kier alpha value is -3.09. The van der Waals surface area contributed by atoms with E-state index in [1.807, 2.05) is 31.2 Å². The van der Waals surface area contributed by atoms with Crippen molar-refractivity contribution >= 4 is 11.9 Å². The number of carbonyl (C=O) groups excluding carboxylic acids is 1. The maximum absolute atomic E-state index is 13.2. The second kappa shape index (κ2) is 10.0. The molecule has 7 heteroatoms. The van der Waals surface area contributed by atoms with Crippen LogP contribution in [0.5, 0.6) is 5.75 Å². The van der Waals surface area contributed by atoms with Crippen LogP contribution in [0.25, 0.3) is 0 Å². The van der Waals surface area contributed by atoms with Crippen molar-refractivity contribution in [3.05, 3.63) is 65.5 Å². The molecule has 0 aliphatic heterocycles. The molecule has 1 amide bonds. The van der Waals surface area contributed by atoms with Gasteiger partial charge in [-0.25, -0.2) is 9.38 Å².